The molecule has 2 aromatic rings. The highest BCUT2D eigenvalue weighted by molar-refractivity contribution is 7.97. The average Bonchev–Trinajstić information content (AvgIpc) is 2.50. The quantitative estimate of drug-likeness (QED) is 0.861. The van der Waals surface area contributed by atoms with Gasteiger partial charge in [0.1, 0.15) is 0 Å². The van der Waals surface area contributed by atoms with Crippen molar-refractivity contribution in [2.24, 2.45) is 0 Å². The van der Waals surface area contributed by atoms with Gasteiger partial charge in [0.25, 0.3) is 0 Å². The summed E-state index contributed by atoms with van der Waals surface area (Å²) in [5.41, 5.74) is 1.68. The van der Waals surface area contributed by atoms with Gasteiger partial charge in [0.15, 0.2) is 0 Å². The molecule has 0 fully saturated rings. The fourth-order valence-corrected chi connectivity index (χ4v) is 1.10. The van der Waals surface area contributed by atoms with Gasteiger partial charge in [0.2, 0.25) is 0 Å². The lowest BCUT2D eigenvalue weighted by Crippen LogP contribution is -1.77. The van der Waals surface area contributed by atoms with Crippen molar-refractivity contribution in [1.82, 2.24) is 0 Å². The predicted molar refractivity (Wildman–Crippen MR) is 83.0 cm³/mol. The molecule has 0 amide bonds. The molecule has 0 saturated carbocycles. The van der Waals surface area contributed by atoms with Crippen LogP contribution in [0.15, 0.2) is 60.7 Å². The number of rotatable bonds is 1. The minimum atomic E-state index is 0.140. The lowest BCUT2D eigenvalue weighted by atomic mass is 10.2. The number of aliphatic hydroxyl groups is 1. The first-order valence-corrected chi connectivity index (χ1v) is 7.41. The summed E-state index contributed by atoms with van der Waals surface area (Å²) >= 11 is 1.75. The minimum Gasteiger partial charge on any atom is -0.392 e. The van der Waals surface area contributed by atoms with Gasteiger partial charge in [-0.1, -0.05) is 48.5 Å². The molecule has 0 atom stereocenters. The van der Waals surface area contributed by atoms with Gasteiger partial charge in [0.05, 0.1) is 18.2 Å². The predicted octanol–water partition coefficient (Wildman–Crippen LogP) is 3.72. The molecule has 0 saturated heterocycles. The molecule has 0 aromatic heterocycles. The molecular formula is C16H19NOS. The van der Waals surface area contributed by atoms with Crippen molar-refractivity contribution in [3.63, 3.8) is 0 Å². The van der Waals surface area contributed by atoms with Gasteiger partial charge < -0.3 is 5.11 Å². The first-order chi connectivity index (χ1) is 9.28. The molecule has 2 nitrogen and oxygen atoms in total. The highest BCUT2D eigenvalue weighted by Gasteiger charge is 1.81. The number of benzene rings is 2. The van der Waals surface area contributed by atoms with Crippen molar-refractivity contribution >= 4 is 11.8 Å². The van der Waals surface area contributed by atoms with E-state index >= 15 is 0 Å². The van der Waals surface area contributed by atoms with Gasteiger partial charge in [-0.3, -0.25) is 0 Å². The van der Waals surface area contributed by atoms with E-state index in [0.717, 1.165) is 5.56 Å². The zero-order valence-corrected chi connectivity index (χ0v) is 12.1. The second-order valence-electron chi connectivity index (χ2n) is 3.53. The Bertz CT molecular complexity index is 451. The van der Waals surface area contributed by atoms with E-state index < -0.39 is 0 Å². The van der Waals surface area contributed by atoms with Crippen LogP contribution in [-0.2, 0) is 6.61 Å². The van der Waals surface area contributed by atoms with Crippen molar-refractivity contribution in [2.75, 3.05) is 12.5 Å². The van der Waals surface area contributed by atoms with Crippen molar-refractivity contribution in [3.8, 4) is 6.07 Å². The topological polar surface area (TPSA) is 44.0 Å². The molecule has 0 unspecified atom stereocenters. The average molecular weight is 273 g/mol. The molecule has 0 spiro atoms. The number of hydrogen-bond acceptors (Lipinski definition) is 3. The van der Waals surface area contributed by atoms with Crippen LogP contribution in [0.1, 0.15) is 11.1 Å². The maximum atomic E-state index is 8.54. The summed E-state index contributed by atoms with van der Waals surface area (Å²) in [4.78, 5) is 0. The molecule has 1 N–H and O–H groups in total. The largest absolute Gasteiger partial charge is 0.392 e. The van der Waals surface area contributed by atoms with Gasteiger partial charge in [-0.15, -0.1) is 0 Å². The minimum absolute atomic E-state index is 0.140. The van der Waals surface area contributed by atoms with Crippen molar-refractivity contribution in [2.45, 2.75) is 6.61 Å². The molecule has 0 radical (unpaired) electrons. The Morgan fingerprint density at radius 3 is 1.63 bits per heavy atom. The van der Waals surface area contributed by atoms with Crippen molar-refractivity contribution in [1.29, 1.82) is 5.26 Å². The first kappa shape index (κ1) is 17.2. The summed E-state index contributed by atoms with van der Waals surface area (Å²) in [5, 5.41) is 16.8. The van der Waals surface area contributed by atoms with Crippen LogP contribution in [0.2, 0.25) is 0 Å². The number of aliphatic hydroxyl groups excluding tert-OH is 1. The zero-order valence-electron chi connectivity index (χ0n) is 11.3. The molecule has 2 rings (SSSR count). The normalized spacial score (nSPS) is 8.11. The van der Waals surface area contributed by atoms with E-state index in [1.807, 2.05) is 67.1 Å². The third kappa shape index (κ3) is 9.90. The van der Waals surface area contributed by atoms with Crippen LogP contribution < -0.4 is 0 Å². The van der Waals surface area contributed by atoms with Gasteiger partial charge >= 0.3 is 0 Å². The lowest BCUT2D eigenvalue weighted by Gasteiger charge is -1.89. The summed E-state index contributed by atoms with van der Waals surface area (Å²) in [7, 11) is 0. The van der Waals surface area contributed by atoms with Gasteiger partial charge in [-0.05, 0) is 30.2 Å². The fraction of sp³-hybridized carbons (Fsp3) is 0.188. The zero-order chi connectivity index (χ0) is 14.3. The first-order valence-electron chi connectivity index (χ1n) is 5.78. The van der Waals surface area contributed by atoms with E-state index in [0.29, 0.717) is 5.56 Å². The summed E-state index contributed by atoms with van der Waals surface area (Å²) in [6, 6.07) is 20.7. The molecule has 3 heteroatoms. The van der Waals surface area contributed by atoms with Crippen LogP contribution in [-0.4, -0.2) is 17.6 Å². The van der Waals surface area contributed by atoms with Gasteiger partial charge in [-0.2, -0.15) is 17.0 Å². The molecule has 0 heterocycles. The molecule has 19 heavy (non-hydrogen) atoms. The van der Waals surface area contributed by atoms with Crippen LogP contribution in [0.5, 0.6) is 0 Å². The number of nitrogens with zero attached hydrogens (tertiary/aromatic N) is 1. The summed E-state index contributed by atoms with van der Waals surface area (Å²) in [6.45, 7) is 0.140. The monoisotopic (exact) mass is 273 g/mol. The SMILES string of the molecule is CSC.N#Cc1ccccc1.OCc1ccccc1. The molecule has 0 aliphatic carbocycles. The molecule has 0 bridgehead atoms. The van der Waals surface area contributed by atoms with E-state index in [1.165, 1.54) is 0 Å². The smallest absolute Gasteiger partial charge is 0.0991 e. The standard InChI is InChI=1S/C7H5N.C7H8O.C2H6S/c2*8-6-7-4-2-1-3-5-7;1-3-2/h1-5H;1-5,8H,6H2;1-2H3. The van der Waals surface area contributed by atoms with Crippen LogP contribution >= 0.6 is 11.8 Å². The highest BCUT2D eigenvalue weighted by atomic mass is 32.2. The Morgan fingerprint density at radius 1 is 0.947 bits per heavy atom. The van der Waals surface area contributed by atoms with E-state index in [2.05, 4.69) is 0 Å². The maximum Gasteiger partial charge on any atom is 0.0991 e. The van der Waals surface area contributed by atoms with E-state index in [4.69, 9.17) is 10.4 Å². The van der Waals surface area contributed by atoms with E-state index in [9.17, 15) is 0 Å². The molecular weight excluding hydrogens is 254 g/mol. The molecule has 0 aliphatic heterocycles. The Balaban J connectivity index is 0.000000284. The summed E-state index contributed by atoms with van der Waals surface area (Å²) in [6.07, 6.45) is 4.08. The summed E-state index contributed by atoms with van der Waals surface area (Å²) in [5.74, 6) is 0. The highest BCUT2D eigenvalue weighted by Crippen LogP contribution is 1.95. The second-order valence-corrected chi connectivity index (χ2v) is 4.35. The maximum absolute atomic E-state index is 8.54. The van der Waals surface area contributed by atoms with Crippen molar-refractivity contribution in [3.05, 3.63) is 71.8 Å². The van der Waals surface area contributed by atoms with E-state index in [-0.39, 0.29) is 6.61 Å². The van der Waals surface area contributed by atoms with E-state index in [1.54, 1.807) is 23.9 Å². The van der Waals surface area contributed by atoms with Gasteiger partial charge in [-0.25, -0.2) is 0 Å². The number of nitriles is 1. The number of hydrogen-bond donors (Lipinski definition) is 1. The molecule has 100 valence electrons. The van der Waals surface area contributed by atoms with Crippen LogP contribution in [0.25, 0.3) is 0 Å². The summed E-state index contributed by atoms with van der Waals surface area (Å²) < 4.78 is 0. The van der Waals surface area contributed by atoms with Crippen LogP contribution in [0, 0.1) is 11.3 Å². The third-order valence-corrected chi connectivity index (χ3v) is 1.93. The lowest BCUT2D eigenvalue weighted by molar-refractivity contribution is 0.282. The second kappa shape index (κ2) is 12.7. The van der Waals surface area contributed by atoms with Crippen LogP contribution in [0.3, 0.4) is 0 Å². The number of thioether (sulfide) groups is 1. The molecule has 2 aromatic carbocycles. The van der Waals surface area contributed by atoms with Crippen LogP contribution in [0.4, 0.5) is 0 Å². The Hall–Kier alpha value is -1.76. The van der Waals surface area contributed by atoms with Gasteiger partial charge in [0, 0.05) is 0 Å². The Morgan fingerprint density at radius 2 is 1.37 bits per heavy atom. The Kier molecular flexibility index (Phi) is 11.5. The Labute approximate surface area is 119 Å². The van der Waals surface area contributed by atoms with Crippen molar-refractivity contribution < 1.29 is 5.11 Å². The molecule has 0 aliphatic rings. The fourth-order valence-electron chi connectivity index (χ4n) is 1.10. The third-order valence-electron chi connectivity index (χ3n) is 1.93.